The molecule has 0 bridgehead atoms. The van der Waals surface area contributed by atoms with Crippen molar-refractivity contribution in [2.24, 2.45) is 0 Å². The molecule has 1 N–H and O–H groups in total. The maximum atomic E-state index is 13.8. The number of amides is 1. The summed E-state index contributed by atoms with van der Waals surface area (Å²) in [6.07, 6.45) is 0. The molecule has 0 aliphatic heterocycles. The Balaban J connectivity index is 1.45. The van der Waals surface area contributed by atoms with E-state index < -0.39 is 17.7 Å². The third kappa shape index (κ3) is 4.48. The fourth-order valence-corrected chi connectivity index (χ4v) is 3.58. The van der Waals surface area contributed by atoms with E-state index in [1.807, 2.05) is 0 Å². The van der Waals surface area contributed by atoms with Crippen LogP contribution in [0.5, 0.6) is 0 Å². The summed E-state index contributed by atoms with van der Waals surface area (Å²) in [5.74, 6) is -1.95. The molecule has 0 fully saturated rings. The zero-order chi connectivity index (χ0) is 22.0. The molecular formula is C21H15FN4O4S. The lowest BCUT2D eigenvalue weighted by molar-refractivity contribution is 0.0467. The van der Waals surface area contributed by atoms with Crippen molar-refractivity contribution >= 4 is 33.9 Å². The van der Waals surface area contributed by atoms with Gasteiger partial charge in [-0.05, 0) is 37.3 Å². The maximum absolute atomic E-state index is 13.8. The Morgan fingerprint density at radius 1 is 1.16 bits per heavy atom. The molecular weight excluding hydrogens is 423 g/mol. The van der Waals surface area contributed by atoms with Gasteiger partial charge in [-0.2, -0.15) is 9.61 Å². The van der Waals surface area contributed by atoms with Crippen molar-refractivity contribution in [3.63, 3.8) is 0 Å². The topological polar surface area (TPSA) is 103 Å². The standard InChI is InChI=1S/C21H15FN4O4S/c1-12-25-26-18(27)10-15(24-21(26)31-12)11-30-20(29)13-5-4-6-14(9-13)23-19(28)16-7-2-3-8-17(16)22/h2-10H,11H2,1H3,(H,23,28). The largest absolute Gasteiger partial charge is 0.456 e. The average Bonchev–Trinajstić information content (AvgIpc) is 3.13. The Hall–Kier alpha value is -3.92. The summed E-state index contributed by atoms with van der Waals surface area (Å²) in [5, 5.41) is 7.29. The van der Waals surface area contributed by atoms with E-state index in [1.54, 1.807) is 25.1 Å². The predicted molar refractivity (Wildman–Crippen MR) is 112 cm³/mol. The maximum Gasteiger partial charge on any atom is 0.338 e. The molecule has 31 heavy (non-hydrogen) atoms. The second-order valence-corrected chi connectivity index (χ2v) is 7.65. The van der Waals surface area contributed by atoms with Gasteiger partial charge >= 0.3 is 5.97 Å². The summed E-state index contributed by atoms with van der Waals surface area (Å²) in [6.45, 7) is 1.56. The molecule has 1 amide bonds. The molecule has 0 unspecified atom stereocenters. The summed E-state index contributed by atoms with van der Waals surface area (Å²) >= 11 is 1.25. The van der Waals surface area contributed by atoms with Gasteiger partial charge in [-0.1, -0.05) is 29.5 Å². The lowest BCUT2D eigenvalue weighted by atomic mass is 10.1. The van der Waals surface area contributed by atoms with Crippen LogP contribution in [-0.4, -0.2) is 26.5 Å². The number of aromatic nitrogens is 3. The van der Waals surface area contributed by atoms with Crippen LogP contribution in [0.1, 0.15) is 31.4 Å². The fraction of sp³-hybridized carbons (Fsp3) is 0.0952. The van der Waals surface area contributed by atoms with Gasteiger partial charge in [-0.15, -0.1) is 0 Å². The van der Waals surface area contributed by atoms with Crippen LogP contribution in [0.3, 0.4) is 0 Å². The molecule has 4 rings (SSSR count). The molecule has 0 radical (unpaired) electrons. The monoisotopic (exact) mass is 438 g/mol. The number of esters is 1. The summed E-state index contributed by atoms with van der Waals surface area (Å²) in [5.41, 5.74) is 0.309. The van der Waals surface area contributed by atoms with Gasteiger partial charge < -0.3 is 10.1 Å². The van der Waals surface area contributed by atoms with Crippen LogP contribution in [0.2, 0.25) is 0 Å². The number of halogens is 1. The number of anilines is 1. The van der Waals surface area contributed by atoms with Crippen molar-refractivity contribution in [1.29, 1.82) is 0 Å². The second kappa shape index (κ2) is 8.44. The van der Waals surface area contributed by atoms with Crippen LogP contribution in [-0.2, 0) is 11.3 Å². The van der Waals surface area contributed by atoms with E-state index in [0.717, 1.165) is 0 Å². The lowest BCUT2D eigenvalue weighted by Gasteiger charge is -2.08. The van der Waals surface area contributed by atoms with E-state index in [2.05, 4.69) is 15.4 Å². The Morgan fingerprint density at radius 3 is 2.77 bits per heavy atom. The van der Waals surface area contributed by atoms with Gasteiger partial charge in [0.2, 0.25) is 4.96 Å². The first-order valence-corrected chi connectivity index (χ1v) is 9.92. The number of fused-ring (bicyclic) bond motifs is 1. The highest BCUT2D eigenvalue weighted by Crippen LogP contribution is 2.16. The van der Waals surface area contributed by atoms with E-state index in [1.165, 1.54) is 52.3 Å². The van der Waals surface area contributed by atoms with Crippen molar-refractivity contribution in [1.82, 2.24) is 14.6 Å². The van der Waals surface area contributed by atoms with Gasteiger partial charge in [0, 0.05) is 11.8 Å². The zero-order valence-corrected chi connectivity index (χ0v) is 17.0. The Morgan fingerprint density at radius 2 is 1.97 bits per heavy atom. The van der Waals surface area contributed by atoms with Gasteiger partial charge in [-0.25, -0.2) is 14.2 Å². The molecule has 2 aromatic carbocycles. The predicted octanol–water partition coefficient (Wildman–Crippen LogP) is 3.21. The van der Waals surface area contributed by atoms with E-state index in [0.29, 0.717) is 21.3 Å². The number of aryl methyl sites for hydroxylation is 1. The van der Waals surface area contributed by atoms with Crippen LogP contribution in [0.4, 0.5) is 10.1 Å². The third-order valence-corrected chi connectivity index (χ3v) is 5.05. The number of carbonyl (C=O) groups is 2. The molecule has 0 saturated heterocycles. The highest BCUT2D eigenvalue weighted by Gasteiger charge is 2.14. The number of benzene rings is 2. The molecule has 156 valence electrons. The van der Waals surface area contributed by atoms with E-state index in [-0.39, 0.29) is 23.3 Å². The van der Waals surface area contributed by atoms with Crippen molar-refractivity contribution in [3.8, 4) is 0 Å². The first-order valence-electron chi connectivity index (χ1n) is 9.10. The van der Waals surface area contributed by atoms with Crippen molar-refractivity contribution in [3.05, 3.63) is 92.6 Å². The molecule has 10 heteroatoms. The molecule has 0 aliphatic rings. The number of hydrogen-bond donors (Lipinski definition) is 1. The first-order chi connectivity index (χ1) is 14.9. The van der Waals surface area contributed by atoms with Gasteiger partial charge in [-0.3, -0.25) is 9.59 Å². The van der Waals surface area contributed by atoms with E-state index >= 15 is 0 Å². The SMILES string of the molecule is Cc1nn2c(=O)cc(COC(=O)c3cccc(NC(=O)c4ccccc4F)c3)nc2s1. The summed E-state index contributed by atoms with van der Waals surface area (Å²) in [4.78, 5) is 41.4. The van der Waals surface area contributed by atoms with Crippen LogP contribution in [0, 0.1) is 12.7 Å². The van der Waals surface area contributed by atoms with Crippen LogP contribution < -0.4 is 10.9 Å². The number of rotatable bonds is 5. The van der Waals surface area contributed by atoms with Crippen molar-refractivity contribution in [2.75, 3.05) is 5.32 Å². The van der Waals surface area contributed by atoms with Crippen molar-refractivity contribution < 1.29 is 18.7 Å². The number of nitrogens with zero attached hydrogens (tertiary/aromatic N) is 3. The molecule has 4 aromatic rings. The van der Waals surface area contributed by atoms with Gasteiger partial charge in [0.25, 0.3) is 11.5 Å². The number of hydrogen-bond acceptors (Lipinski definition) is 7. The first kappa shape index (κ1) is 20.4. The number of carbonyl (C=O) groups excluding carboxylic acids is 2. The quantitative estimate of drug-likeness (QED) is 0.480. The van der Waals surface area contributed by atoms with Gasteiger partial charge in [0.05, 0.1) is 16.8 Å². The lowest BCUT2D eigenvalue weighted by Crippen LogP contribution is -2.17. The fourth-order valence-electron chi connectivity index (χ4n) is 2.82. The Kier molecular flexibility index (Phi) is 5.54. The van der Waals surface area contributed by atoms with Crippen molar-refractivity contribution in [2.45, 2.75) is 13.5 Å². The van der Waals surface area contributed by atoms with E-state index in [9.17, 15) is 18.8 Å². The van der Waals surface area contributed by atoms with Crippen LogP contribution in [0.25, 0.3) is 4.96 Å². The summed E-state index contributed by atoms with van der Waals surface area (Å²) in [7, 11) is 0. The molecule has 8 nitrogen and oxygen atoms in total. The molecule has 0 atom stereocenters. The normalized spacial score (nSPS) is 10.8. The molecule has 2 heterocycles. The summed E-state index contributed by atoms with van der Waals surface area (Å²) in [6, 6.07) is 12.9. The minimum absolute atomic E-state index is 0.110. The third-order valence-electron chi connectivity index (χ3n) is 4.22. The second-order valence-electron chi connectivity index (χ2n) is 6.49. The van der Waals surface area contributed by atoms with E-state index in [4.69, 9.17) is 4.74 Å². The highest BCUT2D eigenvalue weighted by molar-refractivity contribution is 7.16. The number of nitrogens with one attached hydrogen (secondary N) is 1. The minimum atomic E-state index is -0.663. The Bertz CT molecular complexity index is 1370. The van der Waals surface area contributed by atoms with Gasteiger partial charge in [0.15, 0.2) is 0 Å². The average molecular weight is 438 g/mol. The minimum Gasteiger partial charge on any atom is -0.456 e. The molecule has 0 spiro atoms. The van der Waals surface area contributed by atoms with Gasteiger partial charge in [0.1, 0.15) is 17.4 Å². The zero-order valence-electron chi connectivity index (χ0n) is 16.2. The molecule has 2 aromatic heterocycles. The highest BCUT2D eigenvalue weighted by atomic mass is 32.1. The summed E-state index contributed by atoms with van der Waals surface area (Å²) < 4.78 is 20.2. The molecule has 0 saturated carbocycles. The Labute approximate surface area is 178 Å². The van der Waals surface area contributed by atoms with Crippen LogP contribution >= 0.6 is 11.3 Å². The molecule has 0 aliphatic carbocycles. The van der Waals surface area contributed by atoms with Crippen LogP contribution in [0.15, 0.2) is 59.4 Å². The number of ether oxygens (including phenoxy) is 1. The smallest absolute Gasteiger partial charge is 0.338 e.